The number of benzene rings is 1. The SMILES string of the molecule is CN(CC(=O)O)CC(=O)N1CCc2ccccc21. The van der Waals surface area contributed by atoms with Gasteiger partial charge in [0.25, 0.3) is 0 Å². The van der Waals surface area contributed by atoms with Gasteiger partial charge in [0.15, 0.2) is 0 Å². The second-order valence-corrected chi connectivity index (χ2v) is 4.49. The number of carbonyl (C=O) groups is 2. The van der Waals surface area contributed by atoms with E-state index in [1.807, 2.05) is 24.3 Å². The van der Waals surface area contributed by atoms with Crippen LogP contribution in [-0.4, -0.2) is 48.6 Å². The predicted molar refractivity (Wildman–Crippen MR) is 67.6 cm³/mol. The van der Waals surface area contributed by atoms with Gasteiger partial charge in [-0.3, -0.25) is 14.5 Å². The van der Waals surface area contributed by atoms with Gasteiger partial charge in [-0.05, 0) is 25.1 Å². The third-order valence-electron chi connectivity index (χ3n) is 3.00. The highest BCUT2D eigenvalue weighted by molar-refractivity contribution is 5.96. The van der Waals surface area contributed by atoms with Crippen LogP contribution in [0.15, 0.2) is 24.3 Å². The van der Waals surface area contributed by atoms with Gasteiger partial charge >= 0.3 is 5.97 Å². The molecule has 96 valence electrons. The normalized spacial score (nSPS) is 13.8. The molecule has 0 spiro atoms. The van der Waals surface area contributed by atoms with E-state index in [0.29, 0.717) is 6.54 Å². The number of rotatable bonds is 4. The zero-order chi connectivity index (χ0) is 13.1. The lowest BCUT2D eigenvalue weighted by Crippen LogP contribution is -2.39. The largest absolute Gasteiger partial charge is 0.480 e. The Morgan fingerprint density at radius 3 is 2.78 bits per heavy atom. The third kappa shape index (κ3) is 2.68. The van der Waals surface area contributed by atoms with Crippen molar-refractivity contribution in [3.05, 3.63) is 29.8 Å². The maximum Gasteiger partial charge on any atom is 0.317 e. The Hall–Kier alpha value is -1.88. The fraction of sp³-hybridized carbons (Fsp3) is 0.385. The Labute approximate surface area is 106 Å². The van der Waals surface area contributed by atoms with Crippen molar-refractivity contribution in [2.75, 3.05) is 31.6 Å². The minimum atomic E-state index is -0.924. The average Bonchev–Trinajstić information content (AvgIpc) is 2.71. The summed E-state index contributed by atoms with van der Waals surface area (Å²) in [7, 11) is 1.63. The number of hydrogen-bond donors (Lipinski definition) is 1. The second-order valence-electron chi connectivity index (χ2n) is 4.49. The summed E-state index contributed by atoms with van der Waals surface area (Å²) in [4.78, 5) is 25.9. The minimum absolute atomic E-state index is 0.0521. The van der Waals surface area contributed by atoms with Crippen molar-refractivity contribution in [1.29, 1.82) is 0 Å². The van der Waals surface area contributed by atoms with Crippen LogP contribution in [0.2, 0.25) is 0 Å². The Morgan fingerprint density at radius 2 is 2.06 bits per heavy atom. The molecule has 1 aromatic rings. The summed E-state index contributed by atoms with van der Waals surface area (Å²) in [6.07, 6.45) is 0.866. The van der Waals surface area contributed by atoms with Gasteiger partial charge in [-0.2, -0.15) is 0 Å². The molecule has 0 aromatic heterocycles. The molecular weight excluding hydrogens is 232 g/mol. The second kappa shape index (κ2) is 5.18. The van der Waals surface area contributed by atoms with Crippen molar-refractivity contribution in [2.24, 2.45) is 0 Å². The summed E-state index contributed by atoms with van der Waals surface area (Å²) in [6.45, 7) is 0.682. The average molecular weight is 248 g/mol. The number of anilines is 1. The van der Waals surface area contributed by atoms with Crippen LogP contribution in [0.5, 0.6) is 0 Å². The number of carboxylic acid groups (broad SMARTS) is 1. The van der Waals surface area contributed by atoms with E-state index in [1.165, 1.54) is 10.5 Å². The molecule has 0 atom stereocenters. The van der Waals surface area contributed by atoms with Crippen LogP contribution in [-0.2, 0) is 16.0 Å². The Balaban J connectivity index is 2.01. The van der Waals surface area contributed by atoms with Crippen molar-refractivity contribution < 1.29 is 14.7 Å². The van der Waals surface area contributed by atoms with E-state index >= 15 is 0 Å². The Bertz CT molecular complexity index is 473. The predicted octanol–water partition coefficient (Wildman–Crippen LogP) is 0.592. The van der Waals surface area contributed by atoms with E-state index < -0.39 is 5.97 Å². The molecule has 0 bridgehead atoms. The van der Waals surface area contributed by atoms with Crippen molar-refractivity contribution in [3.63, 3.8) is 0 Å². The van der Waals surface area contributed by atoms with E-state index in [9.17, 15) is 9.59 Å². The molecule has 0 unspecified atom stereocenters. The van der Waals surface area contributed by atoms with Crippen LogP contribution in [0, 0.1) is 0 Å². The number of fused-ring (bicyclic) bond motifs is 1. The van der Waals surface area contributed by atoms with Crippen LogP contribution in [0.25, 0.3) is 0 Å². The first-order chi connectivity index (χ1) is 8.58. The summed E-state index contributed by atoms with van der Waals surface area (Å²) < 4.78 is 0. The zero-order valence-electron chi connectivity index (χ0n) is 10.3. The fourth-order valence-corrected chi connectivity index (χ4v) is 2.20. The van der Waals surface area contributed by atoms with Crippen LogP contribution < -0.4 is 4.90 Å². The van der Waals surface area contributed by atoms with Crippen LogP contribution in [0.4, 0.5) is 5.69 Å². The fourth-order valence-electron chi connectivity index (χ4n) is 2.20. The van der Waals surface area contributed by atoms with Gasteiger partial charge in [-0.1, -0.05) is 18.2 Å². The lowest BCUT2D eigenvalue weighted by atomic mass is 10.2. The number of carbonyl (C=O) groups excluding carboxylic acids is 1. The molecule has 5 nitrogen and oxygen atoms in total. The van der Waals surface area contributed by atoms with Crippen LogP contribution >= 0.6 is 0 Å². The molecule has 1 amide bonds. The number of amides is 1. The molecule has 1 aromatic carbocycles. The van der Waals surface area contributed by atoms with Crippen molar-refractivity contribution in [1.82, 2.24) is 4.90 Å². The molecule has 2 rings (SSSR count). The number of nitrogens with zero attached hydrogens (tertiary/aromatic N) is 2. The third-order valence-corrected chi connectivity index (χ3v) is 3.00. The maximum atomic E-state index is 12.1. The van der Waals surface area contributed by atoms with Gasteiger partial charge in [-0.25, -0.2) is 0 Å². The summed E-state index contributed by atoms with van der Waals surface area (Å²) in [5.74, 6) is -0.976. The highest BCUT2D eigenvalue weighted by Crippen LogP contribution is 2.27. The topological polar surface area (TPSA) is 60.9 Å². The Morgan fingerprint density at radius 1 is 1.33 bits per heavy atom. The van der Waals surface area contributed by atoms with Gasteiger partial charge in [-0.15, -0.1) is 0 Å². The first-order valence-corrected chi connectivity index (χ1v) is 5.86. The van der Waals surface area contributed by atoms with Crippen LogP contribution in [0.3, 0.4) is 0 Å². The summed E-state index contributed by atoms with van der Waals surface area (Å²) >= 11 is 0. The maximum absolute atomic E-state index is 12.1. The van der Waals surface area contributed by atoms with Crippen molar-refractivity contribution in [2.45, 2.75) is 6.42 Å². The van der Waals surface area contributed by atoms with Gasteiger partial charge in [0, 0.05) is 12.2 Å². The molecule has 1 aliphatic rings. The molecule has 1 heterocycles. The minimum Gasteiger partial charge on any atom is -0.480 e. The highest BCUT2D eigenvalue weighted by Gasteiger charge is 2.24. The molecule has 0 fully saturated rings. The lowest BCUT2D eigenvalue weighted by molar-refractivity contribution is -0.138. The number of hydrogen-bond acceptors (Lipinski definition) is 3. The standard InChI is InChI=1S/C13H16N2O3/c1-14(9-13(17)18)8-12(16)15-7-6-10-4-2-3-5-11(10)15/h2-5H,6-9H2,1H3,(H,17,18). The number of likely N-dealkylation sites (N-methyl/N-ethyl adjacent to an activating group) is 1. The molecule has 5 heteroatoms. The van der Waals surface area contributed by atoms with E-state index in [-0.39, 0.29) is 19.0 Å². The van der Waals surface area contributed by atoms with E-state index in [0.717, 1.165) is 12.1 Å². The van der Waals surface area contributed by atoms with E-state index in [1.54, 1.807) is 11.9 Å². The number of carboxylic acids is 1. The number of aliphatic carboxylic acids is 1. The first kappa shape index (κ1) is 12.6. The molecule has 0 aliphatic carbocycles. The van der Waals surface area contributed by atoms with Gasteiger partial charge in [0.1, 0.15) is 0 Å². The van der Waals surface area contributed by atoms with Crippen LogP contribution in [0.1, 0.15) is 5.56 Å². The molecule has 0 radical (unpaired) electrons. The molecule has 0 saturated heterocycles. The van der Waals surface area contributed by atoms with E-state index in [4.69, 9.17) is 5.11 Å². The zero-order valence-corrected chi connectivity index (χ0v) is 10.3. The van der Waals surface area contributed by atoms with Gasteiger partial charge in [0.2, 0.25) is 5.91 Å². The summed E-state index contributed by atoms with van der Waals surface area (Å²) in [6, 6.07) is 7.82. The highest BCUT2D eigenvalue weighted by atomic mass is 16.4. The van der Waals surface area contributed by atoms with Gasteiger partial charge in [0.05, 0.1) is 13.1 Å². The molecule has 1 N–H and O–H groups in total. The smallest absolute Gasteiger partial charge is 0.317 e. The first-order valence-electron chi connectivity index (χ1n) is 5.86. The summed E-state index contributed by atoms with van der Waals surface area (Å²) in [5.41, 5.74) is 2.12. The van der Waals surface area contributed by atoms with Gasteiger partial charge < -0.3 is 10.0 Å². The quantitative estimate of drug-likeness (QED) is 0.847. The molecule has 1 aliphatic heterocycles. The number of para-hydroxylation sites is 1. The monoisotopic (exact) mass is 248 g/mol. The summed E-state index contributed by atoms with van der Waals surface area (Å²) in [5, 5.41) is 8.65. The molecular formula is C13H16N2O3. The van der Waals surface area contributed by atoms with Crippen molar-refractivity contribution >= 4 is 17.6 Å². The Kier molecular flexibility index (Phi) is 3.62. The molecule has 18 heavy (non-hydrogen) atoms. The molecule has 0 saturated carbocycles. The van der Waals surface area contributed by atoms with E-state index in [2.05, 4.69) is 0 Å². The van der Waals surface area contributed by atoms with Crippen molar-refractivity contribution in [3.8, 4) is 0 Å². The lowest BCUT2D eigenvalue weighted by Gasteiger charge is -2.21.